The average molecular weight is 241 g/mol. The first-order valence-corrected chi connectivity index (χ1v) is 5.26. The van der Waals surface area contributed by atoms with Crippen molar-refractivity contribution in [3.8, 4) is 6.07 Å². The Bertz CT molecular complexity index is 657. The lowest BCUT2D eigenvalue weighted by molar-refractivity contribution is -0.579. The molecule has 1 aromatic heterocycles. The van der Waals surface area contributed by atoms with E-state index < -0.39 is 0 Å². The minimum Gasteiger partial charge on any atom is -0.617 e. The van der Waals surface area contributed by atoms with Gasteiger partial charge >= 0.3 is 5.69 Å². The number of fused-ring (bicyclic) bond motifs is 1. The topological polar surface area (TPSA) is 79.2 Å². The SMILES string of the molecule is CN(C)C=Nc1nc2ccccc2[n+]([O-])c1C#N. The van der Waals surface area contributed by atoms with E-state index in [9.17, 15) is 5.21 Å². The van der Waals surface area contributed by atoms with Crippen molar-refractivity contribution < 1.29 is 4.73 Å². The van der Waals surface area contributed by atoms with Gasteiger partial charge in [-0.1, -0.05) is 12.1 Å². The molecule has 2 rings (SSSR count). The van der Waals surface area contributed by atoms with Crippen molar-refractivity contribution in [3.05, 3.63) is 35.2 Å². The molecule has 0 saturated heterocycles. The van der Waals surface area contributed by atoms with Gasteiger partial charge in [0.25, 0.3) is 0 Å². The van der Waals surface area contributed by atoms with Crippen molar-refractivity contribution in [2.24, 2.45) is 4.99 Å². The summed E-state index contributed by atoms with van der Waals surface area (Å²) in [6, 6.07) is 8.67. The molecule has 0 amide bonds. The van der Waals surface area contributed by atoms with Crippen LogP contribution in [0, 0.1) is 16.5 Å². The molecule has 18 heavy (non-hydrogen) atoms. The first kappa shape index (κ1) is 11.8. The van der Waals surface area contributed by atoms with E-state index in [4.69, 9.17) is 5.26 Å². The molecule has 0 unspecified atom stereocenters. The minimum absolute atomic E-state index is 0.105. The van der Waals surface area contributed by atoms with Crippen LogP contribution in [0.15, 0.2) is 29.3 Å². The van der Waals surface area contributed by atoms with Gasteiger partial charge in [0, 0.05) is 20.2 Å². The van der Waals surface area contributed by atoms with E-state index in [1.165, 1.54) is 6.34 Å². The van der Waals surface area contributed by atoms with Crippen LogP contribution in [0.3, 0.4) is 0 Å². The number of nitriles is 1. The average Bonchev–Trinajstić information content (AvgIpc) is 2.36. The molecule has 90 valence electrons. The molecular formula is C12H11N5O. The summed E-state index contributed by atoms with van der Waals surface area (Å²) >= 11 is 0. The molecule has 0 atom stereocenters. The molecule has 0 saturated carbocycles. The Morgan fingerprint density at radius 1 is 1.44 bits per heavy atom. The fourth-order valence-electron chi connectivity index (χ4n) is 1.46. The predicted octanol–water partition coefficient (Wildman–Crippen LogP) is 0.961. The number of hydrogen-bond donors (Lipinski definition) is 0. The Kier molecular flexibility index (Phi) is 3.06. The van der Waals surface area contributed by atoms with Gasteiger partial charge in [0.2, 0.25) is 11.3 Å². The van der Waals surface area contributed by atoms with E-state index >= 15 is 0 Å². The van der Waals surface area contributed by atoms with Gasteiger partial charge in [-0.3, -0.25) is 0 Å². The van der Waals surface area contributed by atoms with Crippen LogP contribution in [0.5, 0.6) is 0 Å². The minimum atomic E-state index is -0.105. The van der Waals surface area contributed by atoms with E-state index in [2.05, 4.69) is 9.98 Å². The summed E-state index contributed by atoms with van der Waals surface area (Å²) in [7, 11) is 3.59. The molecule has 0 aliphatic heterocycles. The highest BCUT2D eigenvalue weighted by atomic mass is 16.5. The number of hydrogen-bond acceptors (Lipinski definition) is 4. The molecule has 6 nitrogen and oxygen atoms in total. The van der Waals surface area contributed by atoms with Crippen LogP contribution >= 0.6 is 0 Å². The maximum Gasteiger partial charge on any atom is 0.340 e. The third-order valence-corrected chi connectivity index (χ3v) is 2.26. The summed E-state index contributed by atoms with van der Waals surface area (Å²) in [5.41, 5.74) is 0.766. The number of para-hydroxylation sites is 2. The predicted molar refractivity (Wildman–Crippen MR) is 67.3 cm³/mol. The molecule has 1 aromatic carbocycles. The third-order valence-electron chi connectivity index (χ3n) is 2.26. The highest BCUT2D eigenvalue weighted by molar-refractivity contribution is 5.74. The first-order valence-electron chi connectivity index (χ1n) is 5.26. The van der Waals surface area contributed by atoms with Crippen LogP contribution in [0.1, 0.15) is 5.69 Å². The van der Waals surface area contributed by atoms with Crippen molar-refractivity contribution in [2.75, 3.05) is 14.1 Å². The van der Waals surface area contributed by atoms with Crippen LogP contribution in [-0.2, 0) is 0 Å². The zero-order chi connectivity index (χ0) is 13.1. The molecule has 0 radical (unpaired) electrons. The highest BCUT2D eigenvalue weighted by Crippen LogP contribution is 2.16. The van der Waals surface area contributed by atoms with Crippen molar-refractivity contribution >= 4 is 23.2 Å². The summed E-state index contributed by atoms with van der Waals surface area (Å²) in [5.74, 6) is 0.125. The molecular weight excluding hydrogens is 230 g/mol. The largest absolute Gasteiger partial charge is 0.617 e. The zero-order valence-electron chi connectivity index (χ0n) is 10.0. The second-order valence-corrected chi connectivity index (χ2v) is 3.89. The Balaban J connectivity index is 2.70. The standard InChI is InChI=1S/C12H11N5O/c1-16(2)8-14-12-11(7-13)17(18)10-6-4-3-5-9(10)15-12/h3-6,8H,1-2H3. The Morgan fingerprint density at radius 3 is 2.83 bits per heavy atom. The number of nitrogens with zero attached hydrogens (tertiary/aromatic N) is 5. The van der Waals surface area contributed by atoms with Crippen LogP contribution < -0.4 is 4.73 Å². The number of rotatable bonds is 2. The molecule has 0 aliphatic rings. The molecule has 6 heteroatoms. The molecule has 0 aliphatic carbocycles. The van der Waals surface area contributed by atoms with Gasteiger partial charge in [-0.25, -0.2) is 9.98 Å². The maximum absolute atomic E-state index is 12.0. The molecule has 0 N–H and O–H groups in total. The van der Waals surface area contributed by atoms with Crippen LogP contribution in [-0.4, -0.2) is 30.3 Å². The van der Waals surface area contributed by atoms with Gasteiger partial charge < -0.3 is 10.1 Å². The quantitative estimate of drug-likeness (QED) is 0.339. The monoisotopic (exact) mass is 241 g/mol. The summed E-state index contributed by atoms with van der Waals surface area (Å²) in [6.07, 6.45) is 1.50. The van der Waals surface area contributed by atoms with Gasteiger partial charge in [-0.2, -0.15) is 9.99 Å². The van der Waals surface area contributed by atoms with Crippen molar-refractivity contribution in [2.45, 2.75) is 0 Å². The van der Waals surface area contributed by atoms with E-state index in [0.717, 1.165) is 0 Å². The summed E-state index contributed by atoms with van der Waals surface area (Å²) < 4.78 is 0.560. The zero-order valence-corrected chi connectivity index (χ0v) is 10.0. The Labute approximate surface area is 104 Å². The van der Waals surface area contributed by atoms with Gasteiger partial charge in [-0.05, 0) is 6.07 Å². The van der Waals surface area contributed by atoms with E-state index in [0.29, 0.717) is 15.8 Å². The Morgan fingerprint density at radius 2 is 2.17 bits per heavy atom. The number of benzene rings is 1. The molecule has 1 heterocycles. The van der Waals surface area contributed by atoms with E-state index in [1.807, 2.05) is 6.07 Å². The fourth-order valence-corrected chi connectivity index (χ4v) is 1.46. The molecule has 0 bridgehead atoms. The second kappa shape index (κ2) is 4.67. The van der Waals surface area contributed by atoms with E-state index in [-0.39, 0.29) is 11.5 Å². The van der Waals surface area contributed by atoms with Gasteiger partial charge in [-0.15, -0.1) is 0 Å². The van der Waals surface area contributed by atoms with Crippen LogP contribution in [0.2, 0.25) is 0 Å². The van der Waals surface area contributed by atoms with Crippen molar-refractivity contribution in [1.29, 1.82) is 5.26 Å². The van der Waals surface area contributed by atoms with E-state index in [1.54, 1.807) is 43.3 Å². The number of aromatic nitrogens is 2. The Hall–Kier alpha value is -2.68. The fraction of sp³-hybridized carbons (Fsp3) is 0.167. The third kappa shape index (κ3) is 2.06. The van der Waals surface area contributed by atoms with Gasteiger partial charge in [0.1, 0.15) is 5.52 Å². The molecule has 0 spiro atoms. The maximum atomic E-state index is 12.0. The highest BCUT2D eigenvalue weighted by Gasteiger charge is 2.17. The lowest BCUT2D eigenvalue weighted by Gasteiger charge is -2.05. The number of aliphatic imine (C=N–C) groups is 1. The van der Waals surface area contributed by atoms with Crippen molar-refractivity contribution in [3.63, 3.8) is 0 Å². The van der Waals surface area contributed by atoms with Crippen molar-refractivity contribution in [1.82, 2.24) is 9.88 Å². The smallest absolute Gasteiger partial charge is 0.340 e. The first-order chi connectivity index (χ1) is 8.63. The molecule has 0 fully saturated rings. The summed E-state index contributed by atoms with van der Waals surface area (Å²) in [4.78, 5) is 9.95. The lowest BCUT2D eigenvalue weighted by atomic mass is 10.3. The van der Waals surface area contributed by atoms with Gasteiger partial charge in [0.05, 0.1) is 6.34 Å². The summed E-state index contributed by atoms with van der Waals surface area (Å²) in [6.45, 7) is 0. The normalized spacial score (nSPS) is 10.7. The lowest BCUT2D eigenvalue weighted by Crippen LogP contribution is -2.32. The molecule has 2 aromatic rings. The summed E-state index contributed by atoms with van der Waals surface area (Å²) in [5, 5.41) is 21.0. The van der Waals surface area contributed by atoms with Crippen LogP contribution in [0.4, 0.5) is 5.82 Å². The van der Waals surface area contributed by atoms with Crippen LogP contribution in [0.25, 0.3) is 11.0 Å². The van der Waals surface area contributed by atoms with Gasteiger partial charge in [0.15, 0.2) is 6.07 Å². The second-order valence-electron chi connectivity index (χ2n) is 3.89.